The number of hydrogen-bond donors (Lipinski definition) is 2. The minimum Gasteiger partial charge on any atom is -0.493 e. The van der Waals surface area contributed by atoms with Gasteiger partial charge >= 0.3 is 0 Å². The van der Waals surface area contributed by atoms with Crippen molar-refractivity contribution in [3.05, 3.63) is 52.2 Å². The van der Waals surface area contributed by atoms with Crippen molar-refractivity contribution < 1.29 is 9.53 Å². The van der Waals surface area contributed by atoms with Crippen molar-refractivity contribution in [3.8, 4) is 18.1 Å². The molecule has 0 bridgehead atoms. The quantitative estimate of drug-likeness (QED) is 0.550. The molecule has 5 heteroatoms. The standard InChI is InChI=1S/C18H20N2O2S/c1-2-3-12-22-16-8-6-15(7-9-16)14-19-10-11-20-18(21)17-5-4-13-23-17/h1,4-9,13,19H,3,10-12,14H2,(H,20,21). The lowest BCUT2D eigenvalue weighted by atomic mass is 10.2. The van der Waals surface area contributed by atoms with Crippen LogP contribution in [0.5, 0.6) is 5.75 Å². The summed E-state index contributed by atoms with van der Waals surface area (Å²) >= 11 is 1.44. The molecule has 1 heterocycles. The molecule has 0 spiro atoms. The zero-order chi connectivity index (χ0) is 16.3. The molecule has 0 saturated carbocycles. The fourth-order valence-corrected chi connectivity index (χ4v) is 2.56. The van der Waals surface area contributed by atoms with Crippen molar-refractivity contribution in [3.63, 3.8) is 0 Å². The second-order valence-corrected chi connectivity index (χ2v) is 5.80. The number of carbonyl (C=O) groups is 1. The molecule has 2 N–H and O–H groups in total. The Kier molecular flexibility index (Phi) is 7.18. The molecular formula is C18H20N2O2S. The van der Waals surface area contributed by atoms with Crippen molar-refractivity contribution in [2.45, 2.75) is 13.0 Å². The van der Waals surface area contributed by atoms with Crippen LogP contribution in [0.25, 0.3) is 0 Å². The third-order valence-electron chi connectivity index (χ3n) is 3.10. The fourth-order valence-electron chi connectivity index (χ4n) is 1.92. The van der Waals surface area contributed by atoms with E-state index in [-0.39, 0.29) is 5.91 Å². The van der Waals surface area contributed by atoms with Crippen LogP contribution in [0.3, 0.4) is 0 Å². The van der Waals surface area contributed by atoms with Crippen molar-refractivity contribution in [1.82, 2.24) is 10.6 Å². The maximum Gasteiger partial charge on any atom is 0.261 e. The zero-order valence-corrected chi connectivity index (χ0v) is 13.7. The van der Waals surface area contributed by atoms with E-state index in [4.69, 9.17) is 11.2 Å². The number of rotatable bonds is 9. The summed E-state index contributed by atoms with van der Waals surface area (Å²) in [6.07, 6.45) is 5.79. The van der Waals surface area contributed by atoms with Crippen LogP contribution in [0.4, 0.5) is 0 Å². The maximum atomic E-state index is 11.7. The smallest absolute Gasteiger partial charge is 0.261 e. The average molecular weight is 328 g/mol. The Labute approximate surface area is 140 Å². The van der Waals surface area contributed by atoms with Crippen LogP contribution in [0.2, 0.25) is 0 Å². The van der Waals surface area contributed by atoms with Crippen LogP contribution in [0, 0.1) is 12.3 Å². The van der Waals surface area contributed by atoms with E-state index in [9.17, 15) is 4.79 Å². The first kappa shape index (κ1) is 17.1. The van der Waals surface area contributed by atoms with Crippen molar-refractivity contribution >= 4 is 17.2 Å². The topological polar surface area (TPSA) is 50.4 Å². The van der Waals surface area contributed by atoms with Crippen LogP contribution < -0.4 is 15.4 Å². The summed E-state index contributed by atoms with van der Waals surface area (Å²) in [6.45, 7) is 2.61. The molecule has 1 amide bonds. The first-order valence-corrected chi connectivity index (χ1v) is 8.35. The molecule has 0 aliphatic rings. The lowest BCUT2D eigenvalue weighted by Gasteiger charge is -2.08. The van der Waals surface area contributed by atoms with Gasteiger partial charge in [0.05, 0.1) is 11.5 Å². The Bertz CT molecular complexity index is 630. The summed E-state index contributed by atoms with van der Waals surface area (Å²) in [5.41, 5.74) is 1.17. The Balaban J connectivity index is 1.61. The van der Waals surface area contributed by atoms with Gasteiger partial charge in [-0.25, -0.2) is 0 Å². The Morgan fingerprint density at radius 3 is 2.74 bits per heavy atom. The summed E-state index contributed by atoms with van der Waals surface area (Å²) in [4.78, 5) is 12.5. The van der Waals surface area contributed by atoms with E-state index in [0.29, 0.717) is 19.6 Å². The van der Waals surface area contributed by atoms with Crippen molar-refractivity contribution in [1.29, 1.82) is 0 Å². The molecule has 0 fully saturated rings. The van der Waals surface area contributed by atoms with E-state index in [1.807, 2.05) is 41.8 Å². The molecule has 0 atom stereocenters. The second kappa shape index (κ2) is 9.67. The lowest BCUT2D eigenvalue weighted by molar-refractivity contribution is 0.0958. The van der Waals surface area contributed by atoms with E-state index >= 15 is 0 Å². The van der Waals surface area contributed by atoms with E-state index in [1.54, 1.807) is 0 Å². The van der Waals surface area contributed by atoms with Crippen LogP contribution in [0.15, 0.2) is 41.8 Å². The van der Waals surface area contributed by atoms with Gasteiger partial charge in [0.2, 0.25) is 0 Å². The summed E-state index contributed by atoms with van der Waals surface area (Å²) in [5, 5.41) is 8.07. The summed E-state index contributed by atoms with van der Waals surface area (Å²) < 4.78 is 5.50. The number of thiophene rings is 1. The van der Waals surface area contributed by atoms with Gasteiger partial charge in [0.15, 0.2) is 0 Å². The highest BCUT2D eigenvalue weighted by Crippen LogP contribution is 2.12. The number of terminal acetylenes is 1. The monoisotopic (exact) mass is 328 g/mol. The van der Waals surface area contributed by atoms with Gasteiger partial charge in [-0.2, -0.15) is 0 Å². The third kappa shape index (κ3) is 6.15. The van der Waals surface area contributed by atoms with Gasteiger partial charge in [-0.1, -0.05) is 18.2 Å². The highest BCUT2D eigenvalue weighted by atomic mass is 32.1. The lowest BCUT2D eigenvalue weighted by Crippen LogP contribution is -2.31. The van der Waals surface area contributed by atoms with E-state index in [1.165, 1.54) is 16.9 Å². The first-order valence-electron chi connectivity index (χ1n) is 7.47. The fraction of sp³-hybridized carbons (Fsp3) is 0.278. The minimum atomic E-state index is -0.0183. The maximum absolute atomic E-state index is 11.7. The van der Waals surface area contributed by atoms with E-state index in [2.05, 4.69) is 16.6 Å². The Morgan fingerprint density at radius 2 is 2.04 bits per heavy atom. The molecule has 2 rings (SSSR count). The Morgan fingerprint density at radius 1 is 1.22 bits per heavy atom. The highest BCUT2D eigenvalue weighted by molar-refractivity contribution is 7.12. The third-order valence-corrected chi connectivity index (χ3v) is 3.97. The molecule has 0 aliphatic carbocycles. The predicted molar refractivity (Wildman–Crippen MR) is 93.7 cm³/mol. The van der Waals surface area contributed by atoms with Crippen LogP contribution in [-0.4, -0.2) is 25.6 Å². The van der Waals surface area contributed by atoms with Gasteiger partial charge in [-0.3, -0.25) is 4.79 Å². The summed E-state index contributed by atoms with van der Waals surface area (Å²) in [7, 11) is 0. The number of nitrogens with one attached hydrogen (secondary N) is 2. The summed E-state index contributed by atoms with van der Waals surface area (Å²) in [6, 6.07) is 11.6. The van der Waals surface area contributed by atoms with Crippen LogP contribution in [0.1, 0.15) is 21.7 Å². The largest absolute Gasteiger partial charge is 0.493 e. The first-order chi connectivity index (χ1) is 11.3. The second-order valence-electron chi connectivity index (χ2n) is 4.86. The average Bonchev–Trinajstić information content (AvgIpc) is 3.10. The molecule has 2 aromatic rings. The molecule has 0 unspecified atom stereocenters. The zero-order valence-electron chi connectivity index (χ0n) is 12.9. The molecule has 1 aromatic carbocycles. The van der Waals surface area contributed by atoms with Crippen LogP contribution in [-0.2, 0) is 6.54 Å². The Hall–Kier alpha value is -2.29. The minimum absolute atomic E-state index is 0.0183. The number of benzene rings is 1. The van der Waals surface area contributed by atoms with Gasteiger partial charge in [-0.05, 0) is 29.1 Å². The molecule has 120 valence electrons. The summed E-state index contributed by atoms with van der Waals surface area (Å²) in [5.74, 6) is 3.35. The van der Waals surface area contributed by atoms with E-state index in [0.717, 1.165) is 23.7 Å². The molecule has 1 aromatic heterocycles. The number of carbonyl (C=O) groups excluding carboxylic acids is 1. The van der Waals surface area contributed by atoms with Gasteiger partial charge in [0, 0.05) is 26.1 Å². The van der Waals surface area contributed by atoms with Gasteiger partial charge in [0.1, 0.15) is 5.75 Å². The number of ether oxygens (including phenoxy) is 1. The van der Waals surface area contributed by atoms with E-state index < -0.39 is 0 Å². The normalized spacial score (nSPS) is 10.0. The molecule has 23 heavy (non-hydrogen) atoms. The number of amides is 1. The SMILES string of the molecule is C#CCCOc1ccc(CNCCNC(=O)c2cccs2)cc1. The van der Waals surface area contributed by atoms with Crippen molar-refractivity contribution in [2.75, 3.05) is 19.7 Å². The van der Waals surface area contributed by atoms with Gasteiger partial charge in [0.25, 0.3) is 5.91 Å². The molecule has 4 nitrogen and oxygen atoms in total. The molecule has 0 saturated heterocycles. The van der Waals surface area contributed by atoms with Crippen molar-refractivity contribution in [2.24, 2.45) is 0 Å². The molecular weight excluding hydrogens is 308 g/mol. The predicted octanol–water partition coefficient (Wildman–Crippen LogP) is 2.67. The van der Waals surface area contributed by atoms with Crippen LogP contribution >= 0.6 is 11.3 Å². The highest BCUT2D eigenvalue weighted by Gasteiger charge is 2.04. The van der Waals surface area contributed by atoms with Gasteiger partial charge in [-0.15, -0.1) is 23.7 Å². The molecule has 0 aliphatic heterocycles. The molecule has 0 radical (unpaired) electrons. The number of hydrogen-bond acceptors (Lipinski definition) is 4. The van der Waals surface area contributed by atoms with Gasteiger partial charge < -0.3 is 15.4 Å².